The van der Waals surface area contributed by atoms with Crippen LogP contribution in [0.1, 0.15) is 12.6 Å². The summed E-state index contributed by atoms with van der Waals surface area (Å²) in [5, 5.41) is 9.70. The van der Waals surface area contributed by atoms with Crippen molar-refractivity contribution in [1.82, 2.24) is 9.55 Å². The van der Waals surface area contributed by atoms with E-state index in [-0.39, 0.29) is 36.0 Å². The Morgan fingerprint density at radius 1 is 1.57 bits per heavy atom. The maximum Gasteiger partial charge on any atom is 1.00 e. The molecule has 21 heavy (non-hydrogen) atoms. The molecule has 1 aromatic rings. The van der Waals surface area contributed by atoms with E-state index < -0.39 is 44.1 Å². The first kappa shape index (κ1) is 18.8. The number of aliphatic hydroxyl groups is 1. The van der Waals surface area contributed by atoms with E-state index in [1.54, 1.807) is 0 Å². The fraction of sp³-hybridized carbons (Fsp3) is 0.556. The quantitative estimate of drug-likeness (QED) is 0.365. The number of rotatable bonds is 4. The van der Waals surface area contributed by atoms with Crippen molar-refractivity contribution in [3.8, 4) is 0 Å². The Balaban J connectivity index is 0.00000220. The van der Waals surface area contributed by atoms with Gasteiger partial charge in [-0.15, -0.1) is 0 Å². The number of aromatic nitrogens is 2. The molecular weight excluding hydrogens is 318 g/mol. The molecule has 0 radical (unpaired) electrons. The first-order valence-corrected chi connectivity index (χ1v) is 7.09. The Bertz CT molecular complexity index is 639. The third-order valence-corrected chi connectivity index (χ3v) is 3.24. The number of hydrogen-bond donors (Lipinski definition) is 3. The molecule has 0 spiro atoms. The summed E-state index contributed by atoms with van der Waals surface area (Å²) in [6.07, 6.45) is -1.76. The van der Waals surface area contributed by atoms with Crippen molar-refractivity contribution in [2.45, 2.75) is 24.9 Å². The van der Waals surface area contributed by atoms with Crippen LogP contribution in [-0.2, 0) is 13.8 Å². The number of nitrogens with zero attached hydrogens (tertiary/aromatic N) is 1. The smallest absolute Gasteiger partial charge is 0.756 e. The van der Waals surface area contributed by atoms with Crippen LogP contribution >= 0.6 is 7.82 Å². The molecule has 0 saturated carbocycles. The summed E-state index contributed by atoms with van der Waals surface area (Å²) in [7, 11) is -4.91. The van der Waals surface area contributed by atoms with Gasteiger partial charge in [0.05, 0.1) is 12.7 Å². The molecule has 2 rings (SSSR count). The normalized spacial score (nSPS) is 27.9. The molecular formula is C9H12N2NaO8P. The van der Waals surface area contributed by atoms with E-state index in [1.807, 2.05) is 4.98 Å². The van der Waals surface area contributed by atoms with E-state index in [9.17, 15) is 24.2 Å². The van der Waals surface area contributed by atoms with Crippen molar-refractivity contribution < 1.29 is 58.3 Å². The van der Waals surface area contributed by atoms with E-state index in [1.165, 1.54) is 6.20 Å². The molecule has 0 aliphatic carbocycles. The predicted octanol–water partition coefficient (Wildman–Crippen LogP) is -5.33. The Morgan fingerprint density at radius 2 is 2.24 bits per heavy atom. The second-order valence-electron chi connectivity index (χ2n) is 4.21. The monoisotopic (exact) mass is 330 g/mol. The van der Waals surface area contributed by atoms with Gasteiger partial charge in [0.25, 0.3) is 13.4 Å². The van der Waals surface area contributed by atoms with Gasteiger partial charge in [-0.25, -0.2) is 4.79 Å². The molecule has 1 fully saturated rings. The summed E-state index contributed by atoms with van der Waals surface area (Å²) in [5.74, 6) is 0. The van der Waals surface area contributed by atoms with E-state index in [0.29, 0.717) is 0 Å². The minimum atomic E-state index is -4.91. The first-order valence-electron chi connectivity index (χ1n) is 5.59. The summed E-state index contributed by atoms with van der Waals surface area (Å²) >= 11 is 0. The molecule has 12 heteroatoms. The van der Waals surface area contributed by atoms with Crippen LogP contribution in [0.5, 0.6) is 0 Å². The molecule has 1 aromatic heterocycles. The van der Waals surface area contributed by atoms with Crippen LogP contribution in [0.4, 0.5) is 0 Å². The predicted molar refractivity (Wildman–Crippen MR) is 61.6 cm³/mol. The maximum absolute atomic E-state index is 11.5. The van der Waals surface area contributed by atoms with Crippen molar-refractivity contribution in [3.63, 3.8) is 0 Å². The Morgan fingerprint density at radius 3 is 2.81 bits per heavy atom. The van der Waals surface area contributed by atoms with Gasteiger partial charge in [0.1, 0.15) is 12.3 Å². The van der Waals surface area contributed by atoms with E-state index in [0.717, 1.165) is 10.6 Å². The van der Waals surface area contributed by atoms with Crippen molar-refractivity contribution >= 4 is 7.82 Å². The van der Waals surface area contributed by atoms with Gasteiger partial charge in [0.2, 0.25) is 0 Å². The SMILES string of the molecule is O=c1ccn(C2CC(O)C(COP(=O)([O-])O)O2)c(=O)[nH]1.[Na+]. The number of phosphoric ester groups is 1. The van der Waals surface area contributed by atoms with Crippen LogP contribution in [0.2, 0.25) is 0 Å². The zero-order valence-corrected chi connectivity index (χ0v) is 13.9. The van der Waals surface area contributed by atoms with Crippen LogP contribution in [0.15, 0.2) is 21.9 Å². The van der Waals surface area contributed by atoms with Crippen LogP contribution in [-0.4, -0.2) is 38.4 Å². The molecule has 0 aromatic carbocycles. The van der Waals surface area contributed by atoms with Gasteiger partial charge < -0.3 is 24.2 Å². The van der Waals surface area contributed by atoms with Crippen LogP contribution < -0.4 is 45.7 Å². The van der Waals surface area contributed by atoms with Gasteiger partial charge in [-0.2, -0.15) is 0 Å². The number of phosphoric acid groups is 1. The van der Waals surface area contributed by atoms with Gasteiger partial charge in [0.15, 0.2) is 0 Å². The van der Waals surface area contributed by atoms with E-state index >= 15 is 0 Å². The Kier molecular flexibility index (Phi) is 6.54. The largest absolute Gasteiger partial charge is 1.00 e. The van der Waals surface area contributed by atoms with E-state index in [4.69, 9.17) is 9.63 Å². The average Bonchev–Trinajstić information content (AvgIpc) is 2.67. The number of ether oxygens (including phenoxy) is 1. The fourth-order valence-electron chi connectivity index (χ4n) is 1.86. The summed E-state index contributed by atoms with van der Waals surface area (Å²) in [6.45, 7) is -0.576. The van der Waals surface area contributed by atoms with Crippen molar-refractivity contribution in [3.05, 3.63) is 33.1 Å². The summed E-state index contributed by atoms with van der Waals surface area (Å²) in [6, 6.07) is 1.11. The van der Waals surface area contributed by atoms with Gasteiger partial charge in [-0.3, -0.25) is 18.9 Å². The number of aliphatic hydroxyl groups excluding tert-OH is 1. The minimum absolute atomic E-state index is 0. The zero-order valence-electron chi connectivity index (χ0n) is 11.0. The molecule has 1 saturated heterocycles. The molecule has 1 aliphatic heterocycles. The molecule has 2 heterocycles. The second-order valence-corrected chi connectivity index (χ2v) is 5.41. The minimum Gasteiger partial charge on any atom is -0.756 e. The topological polar surface area (TPSA) is 154 Å². The number of aromatic amines is 1. The summed E-state index contributed by atoms with van der Waals surface area (Å²) < 4.78 is 20.9. The molecule has 1 aliphatic rings. The molecule has 112 valence electrons. The standard InChI is InChI=1S/C9H13N2O8P.Na/c12-5-3-8(11-2-1-7(13)10-9(11)14)19-6(5)4-18-20(15,16)17;/h1-2,5-6,8,12H,3-4H2,(H,10,13,14)(H2,15,16,17);/q;+1/p-1. The molecule has 10 nitrogen and oxygen atoms in total. The first-order chi connectivity index (χ1) is 9.26. The van der Waals surface area contributed by atoms with Crippen molar-refractivity contribution in [1.29, 1.82) is 0 Å². The second kappa shape index (κ2) is 7.32. The van der Waals surface area contributed by atoms with Gasteiger partial charge in [-0.1, -0.05) is 0 Å². The van der Waals surface area contributed by atoms with Crippen molar-refractivity contribution in [2.75, 3.05) is 6.61 Å². The number of nitrogens with one attached hydrogen (secondary N) is 1. The van der Waals surface area contributed by atoms with E-state index in [2.05, 4.69) is 4.52 Å². The molecule has 4 atom stereocenters. The van der Waals surface area contributed by atoms with Crippen LogP contribution in [0, 0.1) is 0 Å². The number of H-pyrrole nitrogens is 1. The molecule has 4 unspecified atom stereocenters. The number of hydrogen-bond acceptors (Lipinski definition) is 7. The third kappa shape index (κ3) is 5.13. The fourth-order valence-corrected chi connectivity index (χ4v) is 2.19. The van der Waals surface area contributed by atoms with Crippen molar-refractivity contribution in [2.24, 2.45) is 0 Å². The molecule has 0 bridgehead atoms. The Labute approximate surface area is 140 Å². The summed E-state index contributed by atoms with van der Waals surface area (Å²) in [4.78, 5) is 43.4. The van der Waals surface area contributed by atoms with Crippen LogP contribution in [0.3, 0.4) is 0 Å². The van der Waals surface area contributed by atoms with Gasteiger partial charge in [0, 0.05) is 18.7 Å². The maximum atomic E-state index is 11.5. The molecule has 0 amide bonds. The van der Waals surface area contributed by atoms with Gasteiger partial charge in [-0.05, 0) is 0 Å². The van der Waals surface area contributed by atoms with Crippen LogP contribution in [0.25, 0.3) is 0 Å². The van der Waals surface area contributed by atoms with Gasteiger partial charge >= 0.3 is 35.2 Å². The Hall–Kier alpha value is -0.290. The third-order valence-electron chi connectivity index (χ3n) is 2.77. The zero-order chi connectivity index (χ0) is 14.9. The summed E-state index contributed by atoms with van der Waals surface area (Å²) in [5.41, 5.74) is -1.29. The average molecular weight is 330 g/mol. The molecule has 3 N–H and O–H groups in total.